The second-order valence-electron chi connectivity index (χ2n) is 3.90. The van der Waals surface area contributed by atoms with Gasteiger partial charge in [-0.15, -0.1) is 0 Å². The minimum absolute atomic E-state index is 0.0314. The van der Waals surface area contributed by atoms with Crippen molar-refractivity contribution in [2.24, 2.45) is 0 Å². The molecule has 3 heteroatoms. The van der Waals surface area contributed by atoms with Gasteiger partial charge in [0, 0.05) is 17.1 Å². The molecule has 0 bridgehead atoms. The third-order valence-electron chi connectivity index (χ3n) is 2.99. The van der Waals surface area contributed by atoms with E-state index in [-0.39, 0.29) is 5.56 Å². The molecule has 2 heterocycles. The van der Waals surface area contributed by atoms with Crippen molar-refractivity contribution in [1.82, 2.24) is 9.97 Å². The van der Waals surface area contributed by atoms with Gasteiger partial charge in [-0.25, -0.2) is 0 Å². The molecule has 0 amide bonds. The lowest BCUT2D eigenvalue weighted by atomic mass is 9.96. The highest BCUT2D eigenvalue weighted by Gasteiger charge is 2.14. The molecule has 1 aliphatic carbocycles. The Labute approximate surface area is 81.2 Å². The Kier molecular flexibility index (Phi) is 1.54. The van der Waals surface area contributed by atoms with Crippen LogP contribution in [-0.4, -0.2) is 9.97 Å². The van der Waals surface area contributed by atoms with Crippen LogP contribution in [0.4, 0.5) is 0 Å². The second kappa shape index (κ2) is 2.74. The van der Waals surface area contributed by atoms with E-state index in [4.69, 9.17) is 0 Å². The maximum absolute atomic E-state index is 11.1. The van der Waals surface area contributed by atoms with Gasteiger partial charge < -0.3 is 9.97 Å². The average molecular weight is 188 g/mol. The molecule has 0 fully saturated rings. The van der Waals surface area contributed by atoms with E-state index in [1.54, 1.807) is 6.07 Å². The van der Waals surface area contributed by atoms with E-state index in [0.29, 0.717) is 0 Å². The number of hydrogen-bond acceptors (Lipinski definition) is 1. The van der Waals surface area contributed by atoms with E-state index in [1.165, 1.54) is 29.5 Å². The molecule has 2 N–H and O–H groups in total. The van der Waals surface area contributed by atoms with Crippen molar-refractivity contribution in [3.63, 3.8) is 0 Å². The topological polar surface area (TPSA) is 48.6 Å². The second-order valence-corrected chi connectivity index (χ2v) is 3.90. The fraction of sp³-hybridized carbons (Fsp3) is 0.364. The summed E-state index contributed by atoms with van der Waals surface area (Å²) >= 11 is 0. The summed E-state index contributed by atoms with van der Waals surface area (Å²) in [5, 5.41) is 1.19. The normalized spacial score (nSPS) is 15.7. The molecule has 3 rings (SSSR count). The fourth-order valence-corrected chi connectivity index (χ4v) is 2.32. The predicted molar refractivity (Wildman–Crippen MR) is 55.6 cm³/mol. The first-order chi connectivity index (χ1) is 6.84. The van der Waals surface area contributed by atoms with Crippen molar-refractivity contribution in [2.75, 3.05) is 0 Å². The largest absolute Gasteiger partial charge is 0.344 e. The third kappa shape index (κ3) is 1.02. The zero-order valence-corrected chi connectivity index (χ0v) is 7.89. The summed E-state index contributed by atoms with van der Waals surface area (Å²) in [6, 6.07) is 3.53. The third-order valence-corrected chi connectivity index (χ3v) is 2.99. The zero-order chi connectivity index (χ0) is 9.54. The van der Waals surface area contributed by atoms with Gasteiger partial charge in [-0.05, 0) is 37.3 Å². The average Bonchev–Trinajstić information content (AvgIpc) is 2.54. The van der Waals surface area contributed by atoms with Crippen molar-refractivity contribution in [3.8, 4) is 0 Å². The van der Waals surface area contributed by atoms with E-state index in [9.17, 15) is 4.79 Å². The molecule has 1 aliphatic rings. The molecule has 2 aromatic rings. The minimum atomic E-state index is -0.0314. The van der Waals surface area contributed by atoms with E-state index in [0.717, 1.165) is 18.5 Å². The molecular weight excluding hydrogens is 176 g/mol. The van der Waals surface area contributed by atoms with Crippen molar-refractivity contribution in [3.05, 3.63) is 33.7 Å². The lowest BCUT2D eigenvalue weighted by molar-refractivity contribution is 0.680. The maximum Gasteiger partial charge on any atom is 0.249 e. The summed E-state index contributed by atoms with van der Waals surface area (Å²) in [6.45, 7) is 0. The number of rotatable bonds is 0. The Balaban J connectivity index is 2.36. The highest BCUT2D eigenvalue weighted by Crippen LogP contribution is 2.26. The van der Waals surface area contributed by atoms with Gasteiger partial charge in [-0.3, -0.25) is 4.79 Å². The molecule has 2 aromatic heterocycles. The molecule has 14 heavy (non-hydrogen) atoms. The van der Waals surface area contributed by atoms with Gasteiger partial charge in [0.25, 0.3) is 0 Å². The molecule has 0 aromatic carbocycles. The Morgan fingerprint density at radius 1 is 1.07 bits per heavy atom. The molecule has 72 valence electrons. The predicted octanol–water partition coefficient (Wildman–Crippen LogP) is 1.73. The molecule has 0 saturated heterocycles. The van der Waals surface area contributed by atoms with E-state index in [2.05, 4.69) is 9.97 Å². The van der Waals surface area contributed by atoms with Crippen LogP contribution in [0, 0.1) is 0 Å². The number of fused-ring (bicyclic) bond motifs is 3. The first-order valence-corrected chi connectivity index (χ1v) is 5.07. The number of hydrogen-bond donors (Lipinski definition) is 2. The number of pyridine rings is 1. The Hall–Kier alpha value is -1.51. The summed E-state index contributed by atoms with van der Waals surface area (Å²) < 4.78 is 0. The van der Waals surface area contributed by atoms with Crippen LogP contribution in [0.1, 0.15) is 24.1 Å². The standard InChI is InChI=1S/C11H12N2O/c14-10-6-5-8-7-3-1-2-4-9(7)12-11(8)13-10/h5-6H,1-4H2,(H2,12,13,14). The molecule has 0 spiro atoms. The first kappa shape index (κ1) is 7.85. The van der Waals surface area contributed by atoms with Crippen molar-refractivity contribution >= 4 is 11.0 Å². The Bertz CT molecular complexity index is 536. The van der Waals surface area contributed by atoms with Gasteiger partial charge in [0.05, 0.1) is 0 Å². The van der Waals surface area contributed by atoms with Gasteiger partial charge in [0.15, 0.2) is 0 Å². The van der Waals surface area contributed by atoms with Gasteiger partial charge in [-0.1, -0.05) is 0 Å². The highest BCUT2D eigenvalue weighted by molar-refractivity contribution is 5.81. The fourth-order valence-electron chi connectivity index (χ4n) is 2.32. The lowest BCUT2D eigenvalue weighted by Gasteiger charge is -2.09. The quantitative estimate of drug-likeness (QED) is 0.650. The van der Waals surface area contributed by atoms with Crippen molar-refractivity contribution < 1.29 is 0 Å². The number of aromatic nitrogens is 2. The van der Waals surface area contributed by atoms with E-state index in [1.807, 2.05) is 6.07 Å². The van der Waals surface area contributed by atoms with Crippen LogP contribution < -0.4 is 5.56 Å². The van der Waals surface area contributed by atoms with Crippen molar-refractivity contribution in [1.29, 1.82) is 0 Å². The minimum Gasteiger partial charge on any atom is -0.344 e. The SMILES string of the molecule is O=c1ccc2c3c([nH]c2[nH]1)CCCC3. The Morgan fingerprint density at radius 3 is 2.86 bits per heavy atom. The molecule has 0 radical (unpaired) electrons. The van der Waals surface area contributed by atoms with Gasteiger partial charge >= 0.3 is 0 Å². The van der Waals surface area contributed by atoms with Gasteiger partial charge in [0.2, 0.25) is 5.56 Å². The lowest BCUT2D eigenvalue weighted by Crippen LogP contribution is -2.02. The smallest absolute Gasteiger partial charge is 0.249 e. The summed E-state index contributed by atoms with van der Waals surface area (Å²) in [4.78, 5) is 17.3. The zero-order valence-electron chi connectivity index (χ0n) is 7.89. The summed E-state index contributed by atoms with van der Waals surface area (Å²) in [5.41, 5.74) is 3.58. The van der Waals surface area contributed by atoms with Gasteiger partial charge in [0.1, 0.15) is 5.65 Å². The monoisotopic (exact) mass is 188 g/mol. The molecule has 0 atom stereocenters. The first-order valence-electron chi connectivity index (χ1n) is 5.07. The van der Waals surface area contributed by atoms with E-state index < -0.39 is 0 Å². The summed E-state index contributed by atoms with van der Waals surface area (Å²) in [6.07, 6.45) is 4.77. The molecule has 0 aliphatic heterocycles. The van der Waals surface area contributed by atoms with Crippen LogP contribution in [0.2, 0.25) is 0 Å². The van der Waals surface area contributed by atoms with E-state index >= 15 is 0 Å². The molecular formula is C11H12N2O. The molecule has 0 unspecified atom stereocenters. The number of aryl methyl sites for hydroxylation is 2. The van der Waals surface area contributed by atoms with Crippen LogP contribution >= 0.6 is 0 Å². The number of nitrogens with one attached hydrogen (secondary N) is 2. The number of aromatic amines is 2. The van der Waals surface area contributed by atoms with Crippen LogP contribution in [0.5, 0.6) is 0 Å². The molecule has 0 saturated carbocycles. The van der Waals surface area contributed by atoms with Crippen LogP contribution in [0.25, 0.3) is 11.0 Å². The van der Waals surface area contributed by atoms with Crippen LogP contribution in [0.3, 0.4) is 0 Å². The number of H-pyrrole nitrogens is 2. The molecule has 3 nitrogen and oxygen atoms in total. The summed E-state index contributed by atoms with van der Waals surface area (Å²) in [5.74, 6) is 0. The summed E-state index contributed by atoms with van der Waals surface area (Å²) in [7, 11) is 0. The Morgan fingerprint density at radius 2 is 1.93 bits per heavy atom. The van der Waals surface area contributed by atoms with Gasteiger partial charge in [-0.2, -0.15) is 0 Å². The van der Waals surface area contributed by atoms with Crippen molar-refractivity contribution in [2.45, 2.75) is 25.7 Å². The maximum atomic E-state index is 11.1. The van der Waals surface area contributed by atoms with Crippen LogP contribution in [0.15, 0.2) is 16.9 Å². The highest BCUT2D eigenvalue weighted by atomic mass is 16.1. The van der Waals surface area contributed by atoms with Crippen LogP contribution in [-0.2, 0) is 12.8 Å².